The van der Waals surface area contributed by atoms with Crippen LogP contribution in [0.1, 0.15) is 34.5 Å². The summed E-state index contributed by atoms with van der Waals surface area (Å²) in [6.07, 6.45) is 2.19. The van der Waals surface area contributed by atoms with Gasteiger partial charge in [-0.15, -0.1) is 0 Å². The zero-order chi connectivity index (χ0) is 18.8. The Morgan fingerprint density at radius 3 is 2.85 bits per heavy atom. The molecule has 7 heteroatoms. The van der Waals surface area contributed by atoms with Gasteiger partial charge in [0.15, 0.2) is 5.65 Å². The standard InChI is InChI=1S/C19H18FN5O/c1-11-4-5-15(20)8-17(11)24-18(26)7-6-16-12(2)23-19-14(9-21)10-22-25(19)13(16)3/h4-5,8,10H,6-7H2,1-3H3,(H,24,26). The molecule has 3 rings (SSSR count). The molecule has 0 aliphatic rings. The number of nitriles is 1. The van der Waals surface area contributed by atoms with Gasteiger partial charge in [0.2, 0.25) is 5.91 Å². The van der Waals surface area contributed by atoms with Gasteiger partial charge < -0.3 is 5.32 Å². The smallest absolute Gasteiger partial charge is 0.224 e. The molecule has 0 saturated carbocycles. The summed E-state index contributed by atoms with van der Waals surface area (Å²) >= 11 is 0. The third-order valence-electron chi connectivity index (χ3n) is 4.40. The van der Waals surface area contributed by atoms with Crippen molar-refractivity contribution in [1.82, 2.24) is 14.6 Å². The molecule has 0 atom stereocenters. The van der Waals surface area contributed by atoms with Crippen molar-refractivity contribution in [3.8, 4) is 6.07 Å². The van der Waals surface area contributed by atoms with Gasteiger partial charge in [0.25, 0.3) is 0 Å². The Hall–Kier alpha value is -3.27. The van der Waals surface area contributed by atoms with E-state index in [1.807, 2.05) is 20.8 Å². The highest BCUT2D eigenvalue weighted by molar-refractivity contribution is 5.91. The van der Waals surface area contributed by atoms with Crippen LogP contribution in [0, 0.1) is 37.9 Å². The van der Waals surface area contributed by atoms with E-state index in [0.29, 0.717) is 23.3 Å². The molecule has 2 aromatic heterocycles. The number of amides is 1. The molecule has 0 radical (unpaired) electrons. The summed E-state index contributed by atoms with van der Waals surface area (Å²) in [5.74, 6) is -0.588. The fourth-order valence-corrected chi connectivity index (χ4v) is 2.93. The number of anilines is 1. The highest BCUT2D eigenvalue weighted by atomic mass is 19.1. The van der Waals surface area contributed by atoms with E-state index in [9.17, 15) is 9.18 Å². The summed E-state index contributed by atoms with van der Waals surface area (Å²) in [5.41, 5.74) is 4.74. The normalized spacial score (nSPS) is 10.7. The number of rotatable bonds is 4. The van der Waals surface area contributed by atoms with Crippen molar-refractivity contribution in [3.63, 3.8) is 0 Å². The maximum Gasteiger partial charge on any atom is 0.224 e. The van der Waals surface area contributed by atoms with Crippen molar-refractivity contribution in [2.45, 2.75) is 33.6 Å². The average Bonchev–Trinajstić information content (AvgIpc) is 3.01. The number of nitrogens with zero attached hydrogens (tertiary/aromatic N) is 4. The number of nitrogens with one attached hydrogen (secondary N) is 1. The Morgan fingerprint density at radius 1 is 1.35 bits per heavy atom. The third-order valence-corrected chi connectivity index (χ3v) is 4.40. The first-order valence-electron chi connectivity index (χ1n) is 8.20. The van der Waals surface area contributed by atoms with E-state index in [0.717, 1.165) is 22.5 Å². The lowest BCUT2D eigenvalue weighted by Crippen LogP contribution is -2.15. The summed E-state index contributed by atoms with van der Waals surface area (Å²) in [6, 6.07) is 6.37. The predicted octanol–water partition coefficient (Wildman–Crippen LogP) is 3.24. The molecule has 1 N–H and O–H groups in total. The Bertz CT molecular complexity index is 1050. The summed E-state index contributed by atoms with van der Waals surface area (Å²) in [5, 5.41) is 16.1. The van der Waals surface area contributed by atoms with Crippen LogP contribution in [0.2, 0.25) is 0 Å². The molecule has 0 spiro atoms. The molecule has 132 valence electrons. The summed E-state index contributed by atoms with van der Waals surface area (Å²) in [4.78, 5) is 16.7. The fourth-order valence-electron chi connectivity index (χ4n) is 2.93. The van der Waals surface area contributed by atoms with Gasteiger partial charge in [-0.25, -0.2) is 13.9 Å². The molecule has 6 nitrogen and oxygen atoms in total. The van der Waals surface area contributed by atoms with Crippen molar-refractivity contribution < 1.29 is 9.18 Å². The molecule has 2 heterocycles. The average molecular weight is 351 g/mol. The number of aryl methyl sites for hydroxylation is 3. The minimum Gasteiger partial charge on any atom is -0.326 e. The molecule has 0 fully saturated rings. The zero-order valence-electron chi connectivity index (χ0n) is 14.8. The highest BCUT2D eigenvalue weighted by Crippen LogP contribution is 2.20. The van der Waals surface area contributed by atoms with Crippen LogP contribution < -0.4 is 5.32 Å². The van der Waals surface area contributed by atoms with Crippen LogP contribution in [0.4, 0.5) is 10.1 Å². The number of hydrogen-bond donors (Lipinski definition) is 1. The van der Waals surface area contributed by atoms with Crippen LogP contribution >= 0.6 is 0 Å². The monoisotopic (exact) mass is 351 g/mol. The van der Waals surface area contributed by atoms with Gasteiger partial charge in [-0.1, -0.05) is 6.07 Å². The Balaban J connectivity index is 1.78. The van der Waals surface area contributed by atoms with E-state index in [1.165, 1.54) is 18.3 Å². The van der Waals surface area contributed by atoms with Crippen LogP contribution in [0.5, 0.6) is 0 Å². The Labute approximate surface area is 150 Å². The SMILES string of the molecule is Cc1ccc(F)cc1NC(=O)CCc1c(C)nc2c(C#N)cnn2c1C. The topological polar surface area (TPSA) is 83.1 Å². The molecule has 0 aliphatic carbocycles. The van der Waals surface area contributed by atoms with Crippen LogP contribution in [-0.4, -0.2) is 20.5 Å². The van der Waals surface area contributed by atoms with E-state index in [1.54, 1.807) is 10.6 Å². The maximum atomic E-state index is 13.3. The number of fused-ring (bicyclic) bond motifs is 1. The van der Waals surface area contributed by atoms with Gasteiger partial charge in [0, 0.05) is 23.5 Å². The van der Waals surface area contributed by atoms with Crippen molar-refractivity contribution in [2.24, 2.45) is 0 Å². The van der Waals surface area contributed by atoms with E-state index in [-0.39, 0.29) is 18.1 Å². The molecule has 26 heavy (non-hydrogen) atoms. The van der Waals surface area contributed by atoms with Crippen LogP contribution in [0.15, 0.2) is 24.4 Å². The highest BCUT2D eigenvalue weighted by Gasteiger charge is 2.15. The second-order valence-electron chi connectivity index (χ2n) is 6.17. The van der Waals surface area contributed by atoms with E-state index >= 15 is 0 Å². The van der Waals surface area contributed by atoms with E-state index in [4.69, 9.17) is 5.26 Å². The van der Waals surface area contributed by atoms with Crippen molar-refractivity contribution in [1.29, 1.82) is 5.26 Å². The van der Waals surface area contributed by atoms with Gasteiger partial charge >= 0.3 is 0 Å². The summed E-state index contributed by atoms with van der Waals surface area (Å²) < 4.78 is 15.0. The fraction of sp³-hybridized carbons (Fsp3) is 0.263. The molecular weight excluding hydrogens is 333 g/mol. The van der Waals surface area contributed by atoms with Gasteiger partial charge in [-0.05, 0) is 50.5 Å². The molecule has 0 saturated heterocycles. The van der Waals surface area contributed by atoms with Gasteiger partial charge in [-0.2, -0.15) is 10.4 Å². The number of carbonyl (C=O) groups is 1. The molecule has 1 amide bonds. The quantitative estimate of drug-likeness (QED) is 0.782. The van der Waals surface area contributed by atoms with Crippen LogP contribution in [0.25, 0.3) is 5.65 Å². The lowest BCUT2D eigenvalue weighted by Gasteiger charge is -2.12. The second-order valence-corrected chi connectivity index (χ2v) is 6.17. The zero-order valence-corrected chi connectivity index (χ0v) is 14.8. The minimum atomic E-state index is -0.390. The number of hydrogen-bond acceptors (Lipinski definition) is 4. The van der Waals surface area contributed by atoms with Gasteiger partial charge in [-0.3, -0.25) is 4.79 Å². The summed E-state index contributed by atoms with van der Waals surface area (Å²) in [7, 11) is 0. The molecule has 1 aromatic carbocycles. The maximum absolute atomic E-state index is 13.3. The molecule has 0 aliphatic heterocycles. The molecular formula is C19H18FN5O. The third kappa shape index (κ3) is 3.26. The predicted molar refractivity (Wildman–Crippen MR) is 95.3 cm³/mol. The first-order chi connectivity index (χ1) is 12.4. The lowest BCUT2D eigenvalue weighted by atomic mass is 10.1. The molecule has 0 bridgehead atoms. The second kappa shape index (κ2) is 6.92. The first kappa shape index (κ1) is 17.5. The summed E-state index contributed by atoms with van der Waals surface area (Å²) in [6.45, 7) is 5.55. The van der Waals surface area contributed by atoms with Crippen LogP contribution in [0.3, 0.4) is 0 Å². The number of carbonyl (C=O) groups excluding carboxylic acids is 1. The van der Waals surface area contributed by atoms with Crippen molar-refractivity contribution >= 4 is 17.2 Å². The van der Waals surface area contributed by atoms with Gasteiger partial charge in [0.05, 0.1) is 6.20 Å². The molecule has 3 aromatic rings. The first-order valence-corrected chi connectivity index (χ1v) is 8.20. The Morgan fingerprint density at radius 2 is 2.12 bits per heavy atom. The van der Waals surface area contributed by atoms with E-state index < -0.39 is 0 Å². The van der Waals surface area contributed by atoms with Gasteiger partial charge in [0.1, 0.15) is 17.4 Å². The largest absolute Gasteiger partial charge is 0.326 e. The number of halogens is 1. The minimum absolute atomic E-state index is 0.198. The number of aromatic nitrogens is 3. The Kier molecular flexibility index (Phi) is 4.67. The van der Waals surface area contributed by atoms with Crippen LogP contribution in [-0.2, 0) is 11.2 Å². The lowest BCUT2D eigenvalue weighted by molar-refractivity contribution is -0.116. The van der Waals surface area contributed by atoms with Crippen molar-refractivity contribution in [3.05, 3.63) is 58.3 Å². The number of benzene rings is 1. The molecule has 0 unspecified atom stereocenters. The van der Waals surface area contributed by atoms with Crippen molar-refractivity contribution in [2.75, 3.05) is 5.32 Å². The van der Waals surface area contributed by atoms with E-state index in [2.05, 4.69) is 21.5 Å².